The summed E-state index contributed by atoms with van der Waals surface area (Å²) in [6.45, 7) is 2.06. The predicted molar refractivity (Wildman–Crippen MR) is 115 cm³/mol. The Morgan fingerprint density at radius 3 is 2.46 bits per heavy atom. The number of benzene rings is 2. The van der Waals surface area contributed by atoms with Gasteiger partial charge in [0.2, 0.25) is 0 Å². The topological polar surface area (TPSA) is 54.4 Å². The summed E-state index contributed by atoms with van der Waals surface area (Å²) in [6, 6.07) is 11.3. The molecule has 1 heterocycles. The minimum Gasteiger partial charge on any atom is -0.493 e. The van der Waals surface area contributed by atoms with Crippen molar-refractivity contribution in [1.29, 1.82) is 0 Å². The largest absolute Gasteiger partial charge is 0.493 e. The Kier molecular flexibility index (Phi) is 6.24. The number of amides is 2. The van der Waals surface area contributed by atoms with E-state index < -0.39 is 0 Å². The molecule has 0 fully saturated rings. The molecule has 3 rings (SSSR count). The first-order valence-electron chi connectivity index (χ1n) is 9.09. The number of hydrogen-bond donors (Lipinski definition) is 0. The number of nitrogens with zero attached hydrogens (tertiary/aromatic N) is 3. The molecule has 2 amide bonds. The molecule has 1 atom stereocenters. The van der Waals surface area contributed by atoms with Crippen LogP contribution < -0.4 is 14.4 Å². The number of hydrazone groups is 1. The van der Waals surface area contributed by atoms with Crippen molar-refractivity contribution in [1.82, 2.24) is 5.01 Å². The van der Waals surface area contributed by atoms with Gasteiger partial charge in [0.25, 0.3) is 0 Å². The van der Waals surface area contributed by atoms with Crippen LogP contribution in [0.15, 0.2) is 46.0 Å². The van der Waals surface area contributed by atoms with Crippen LogP contribution in [0.3, 0.4) is 0 Å². The molecule has 0 saturated carbocycles. The van der Waals surface area contributed by atoms with Crippen LogP contribution in [-0.2, 0) is 6.42 Å². The second kappa shape index (κ2) is 8.65. The number of rotatable bonds is 4. The molecule has 1 aliphatic heterocycles. The Hall–Kier alpha value is -2.54. The van der Waals surface area contributed by atoms with Crippen molar-refractivity contribution < 1.29 is 14.3 Å². The summed E-state index contributed by atoms with van der Waals surface area (Å²) in [7, 11) is 4.99. The molecule has 2 aromatic carbocycles. The third kappa shape index (κ3) is 3.99. The number of urea groups is 1. The summed E-state index contributed by atoms with van der Waals surface area (Å²) >= 11 is 3.42. The monoisotopic (exact) mass is 445 g/mol. The fourth-order valence-corrected chi connectivity index (χ4v) is 3.51. The van der Waals surface area contributed by atoms with Crippen molar-refractivity contribution >= 4 is 33.9 Å². The number of fused-ring (bicyclic) bond motifs is 1. The lowest BCUT2D eigenvalue weighted by atomic mass is 9.99. The van der Waals surface area contributed by atoms with Crippen molar-refractivity contribution in [3.63, 3.8) is 0 Å². The molecule has 0 saturated heterocycles. The van der Waals surface area contributed by atoms with E-state index in [2.05, 4.69) is 28.0 Å². The maximum Gasteiger partial charge on any atom is 0.344 e. The average molecular weight is 446 g/mol. The van der Waals surface area contributed by atoms with Crippen LogP contribution in [0, 0.1) is 0 Å². The highest BCUT2D eigenvalue weighted by atomic mass is 79.9. The molecule has 148 valence electrons. The zero-order chi connectivity index (χ0) is 20.3. The van der Waals surface area contributed by atoms with E-state index in [9.17, 15) is 4.79 Å². The summed E-state index contributed by atoms with van der Waals surface area (Å²) in [5, 5.41) is 6.09. The molecule has 7 heteroatoms. The molecule has 28 heavy (non-hydrogen) atoms. The van der Waals surface area contributed by atoms with Gasteiger partial charge < -0.3 is 9.47 Å². The van der Waals surface area contributed by atoms with Gasteiger partial charge in [0.1, 0.15) is 0 Å². The highest BCUT2D eigenvalue weighted by Crippen LogP contribution is 2.32. The molecule has 0 radical (unpaired) electrons. The molecule has 6 nitrogen and oxygen atoms in total. The van der Waals surface area contributed by atoms with Crippen molar-refractivity contribution in [3.05, 3.63) is 52.0 Å². The molecule has 0 bridgehead atoms. The normalized spacial score (nSPS) is 15.6. The fourth-order valence-electron chi connectivity index (χ4n) is 3.24. The number of ether oxygens (including phenoxy) is 2. The first-order valence-corrected chi connectivity index (χ1v) is 9.89. The number of anilines is 1. The third-order valence-electron chi connectivity index (χ3n) is 4.94. The average Bonchev–Trinajstić information content (AvgIpc) is 2.90. The zero-order valence-corrected chi connectivity index (χ0v) is 18.1. The SMILES string of the molecule is CCC1Cc2cc(OC)c(OC)cc2C=NN1C(=O)N(C)c1ccc(Br)cc1. The smallest absolute Gasteiger partial charge is 0.344 e. The number of methoxy groups -OCH3 is 2. The van der Waals surface area contributed by atoms with Gasteiger partial charge in [-0.05, 0) is 54.8 Å². The van der Waals surface area contributed by atoms with Gasteiger partial charge in [-0.25, -0.2) is 9.80 Å². The van der Waals surface area contributed by atoms with E-state index in [0.29, 0.717) is 17.9 Å². The number of carbonyl (C=O) groups excluding carboxylic acids is 1. The number of halogens is 1. The molecule has 0 spiro atoms. The zero-order valence-electron chi connectivity index (χ0n) is 16.5. The van der Waals surface area contributed by atoms with Crippen LogP contribution in [0.2, 0.25) is 0 Å². The molecule has 0 aromatic heterocycles. The van der Waals surface area contributed by atoms with Crippen molar-refractivity contribution in [2.24, 2.45) is 5.10 Å². The van der Waals surface area contributed by atoms with Crippen LogP contribution in [0.1, 0.15) is 24.5 Å². The lowest BCUT2D eigenvalue weighted by Crippen LogP contribution is -2.44. The summed E-state index contributed by atoms with van der Waals surface area (Å²) in [4.78, 5) is 14.8. The maximum absolute atomic E-state index is 13.2. The van der Waals surface area contributed by atoms with E-state index in [1.165, 1.54) is 0 Å². The minimum absolute atomic E-state index is 0.0546. The van der Waals surface area contributed by atoms with Gasteiger partial charge in [0.15, 0.2) is 11.5 Å². The van der Waals surface area contributed by atoms with Crippen LogP contribution >= 0.6 is 15.9 Å². The highest BCUT2D eigenvalue weighted by Gasteiger charge is 2.29. The summed E-state index contributed by atoms with van der Waals surface area (Å²) in [5.74, 6) is 1.32. The summed E-state index contributed by atoms with van der Waals surface area (Å²) in [6.07, 6.45) is 3.19. The molecule has 1 unspecified atom stereocenters. The molecule has 2 aromatic rings. The highest BCUT2D eigenvalue weighted by molar-refractivity contribution is 9.10. The second-order valence-corrected chi connectivity index (χ2v) is 7.50. The van der Waals surface area contributed by atoms with Gasteiger partial charge in [0, 0.05) is 22.8 Å². The lowest BCUT2D eigenvalue weighted by Gasteiger charge is -2.29. The molecule has 0 aliphatic carbocycles. The van der Waals surface area contributed by atoms with Gasteiger partial charge in [-0.15, -0.1) is 0 Å². The molecule has 0 N–H and O–H groups in total. The van der Waals surface area contributed by atoms with E-state index in [-0.39, 0.29) is 12.1 Å². The van der Waals surface area contributed by atoms with Crippen LogP contribution in [0.25, 0.3) is 0 Å². The summed E-state index contributed by atoms with van der Waals surface area (Å²) < 4.78 is 11.8. The number of carbonyl (C=O) groups is 1. The third-order valence-corrected chi connectivity index (χ3v) is 5.46. The van der Waals surface area contributed by atoms with Crippen LogP contribution in [0.4, 0.5) is 10.5 Å². The van der Waals surface area contributed by atoms with Gasteiger partial charge in [0.05, 0.1) is 26.5 Å². The Morgan fingerprint density at radius 1 is 1.21 bits per heavy atom. The standard InChI is InChI=1S/C21H24BrN3O3/c1-5-17-10-14-11-19(27-3)20(28-4)12-15(14)13-23-25(17)21(26)24(2)18-8-6-16(22)7-9-18/h6-9,11-13,17H,5,10H2,1-4H3. The minimum atomic E-state index is -0.169. The Balaban J connectivity index is 1.91. The summed E-state index contributed by atoms with van der Waals surface area (Å²) in [5.41, 5.74) is 2.82. The van der Waals surface area contributed by atoms with E-state index in [1.807, 2.05) is 36.4 Å². The predicted octanol–water partition coefficient (Wildman–Crippen LogP) is 4.69. The van der Waals surface area contributed by atoms with Crippen molar-refractivity contribution in [3.8, 4) is 11.5 Å². The fraction of sp³-hybridized carbons (Fsp3) is 0.333. The van der Waals surface area contributed by atoms with Crippen molar-refractivity contribution in [2.75, 3.05) is 26.2 Å². The van der Waals surface area contributed by atoms with Crippen molar-refractivity contribution in [2.45, 2.75) is 25.8 Å². The Bertz CT molecular complexity index is 883. The molecular weight excluding hydrogens is 422 g/mol. The Labute approximate surface area is 173 Å². The van der Waals surface area contributed by atoms with E-state index in [1.54, 1.807) is 37.4 Å². The van der Waals surface area contributed by atoms with Gasteiger partial charge in [-0.3, -0.25) is 4.90 Å². The van der Waals surface area contributed by atoms with E-state index in [4.69, 9.17) is 9.47 Å². The first kappa shape index (κ1) is 20.2. The van der Waals surface area contributed by atoms with E-state index >= 15 is 0 Å². The van der Waals surface area contributed by atoms with E-state index in [0.717, 1.165) is 27.7 Å². The molecule has 1 aliphatic rings. The van der Waals surface area contributed by atoms with Gasteiger partial charge in [-0.2, -0.15) is 5.10 Å². The number of hydrogen-bond acceptors (Lipinski definition) is 4. The van der Waals surface area contributed by atoms with Gasteiger partial charge >= 0.3 is 6.03 Å². The van der Waals surface area contributed by atoms with Gasteiger partial charge in [-0.1, -0.05) is 22.9 Å². The van der Waals surface area contributed by atoms with Crippen LogP contribution in [0.5, 0.6) is 11.5 Å². The van der Waals surface area contributed by atoms with Crippen LogP contribution in [-0.4, -0.2) is 44.6 Å². The molecular formula is C21H24BrN3O3. The lowest BCUT2D eigenvalue weighted by molar-refractivity contribution is 0.183. The first-order chi connectivity index (χ1) is 13.5. The Morgan fingerprint density at radius 2 is 1.86 bits per heavy atom. The maximum atomic E-state index is 13.2. The quantitative estimate of drug-likeness (QED) is 0.685. The second-order valence-electron chi connectivity index (χ2n) is 6.58.